The number of fused-ring (bicyclic) bond motifs is 1. The second kappa shape index (κ2) is 8.48. The van der Waals surface area contributed by atoms with E-state index in [9.17, 15) is 14.7 Å². The number of nitrogens with zero attached hydrogens (tertiary/aromatic N) is 3. The highest BCUT2D eigenvalue weighted by Crippen LogP contribution is 2.48. The average molecular weight is 499 g/mol. The molecule has 0 saturated heterocycles. The van der Waals surface area contributed by atoms with E-state index in [4.69, 9.17) is 25.2 Å². The van der Waals surface area contributed by atoms with Crippen molar-refractivity contribution in [3.63, 3.8) is 0 Å². The van der Waals surface area contributed by atoms with Crippen LogP contribution in [0.25, 0.3) is 11.4 Å². The van der Waals surface area contributed by atoms with Crippen LogP contribution in [0.4, 0.5) is 10.5 Å². The van der Waals surface area contributed by atoms with Crippen LogP contribution in [-0.4, -0.2) is 31.5 Å². The molecule has 0 bridgehead atoms. The number of carboxylic acids is 1. The summed E-state index contributed by atoms with van der Waals surface area (Å²) in [6.07, 6.45) is -0.285. The number of ether oxygens (including phenoxy) is 1. The van der Waals surface area contributed by atoms with Crippen LogP contribution >= 0.6 is 23.1 Å². The molecule has 0 radical (unpaired) electrons. The second-order valence-electron chi connectivity index (χ2n) is 7.55. The van der Waals surface area contributed by atoms with E-state index in [1.807, 2.05) is 30.3 Å². The van der Waals surface area contributed by atoms with Crippen LogP contribution in [0.1, 0.15) is 48.9 Å². The van der Waals surface area contributed by atoms with Gasteiger partial charge in [0, 0.05) is 5.92 Å². The molecule has 1 amide bonds. The van der Waals surface area contributed by atoms with Crippen LogP contribution in [0.15, 0.2) is 39.2 Å². The first kappa shape index (κ1) is 21.9. The zero-order chi connectivity index (χ0) is 23.9. The van der Waals surface area contributed by atoms with Crippen molar-refractivity contribution in [1.29, 1.82) is 0 Å². The molecular formula is C22H15ClN4O6S. The molecule has 1 atom stereocenters. The molecule has 1 aromatic carbocycles. The Hall–Kier alpha value is -3.88. The van der Waals surface area contributed by atoms with Crippen molar-refractivity contribution in [3.05, 3.63) is 57.7 Å². The number of anilines is 1. The van der Waals surface area contributed by atoms with Gasteiger partial charge in [-0.1, -0.05) is 41.9 Å². The number of oxazole rings is 2. The van der Waals surface area contributed by atoms with E-state index >= 15 is 0 Å². The van der Waals surface area contributed by atoms with Gasteiger partial charge in [-0.05, 0) is 42.8 Å². The Morgan fingerprint density at radius 3 is 2.62 bits per heavy atom. The Kier molecular flexibility index (Phi) is 5.47. The van der Waals surface area contributed by atoms with Gasteiger partial charge in [-0.2, -0.15) is 14.3 Å². The standard InChI is InChI=1S/C22H15ClN4O6S/c1-11(12-5-3-2-4-6-12)31-21(30)25-15-13(27-34-16(15)23)7-8-14-24-17-18(32-14)26-19(33-17)22(9-10-22)20(28)29/h2-6,11H,9-10H2,1H3,(H,25,30)(H,28,29). The summed E-state index contributed by atoms with van der Waals surface area (Å²) in [5.74, 6) is 4.49. The molecule has 4 aromatic rings. The second-order valence-corrected chi connectivity index (χ2v) is 8.92. The zero-order valence-electron chi connectivity index (χ0n) is 17.5. The molecule has 1 fully saturated rings. The number of benzene rings is 1. The fourth-order valence-corrected chi connectivity index (χ4v) is 3.99. The fourth-order valence-electron chi connectivity index (χ4n) is 3.20. The molecule has 10 nitrogen and oxygen atoms in total. The zero-order valence-corrected chi connectivity index (χ0v) is 19.1. The SMILES string of the molecule is CC(OC(=O)Nc1c(C#Cc2nc3oc(C4(C(=O)O)CC4)nc3o2)nsc1Cl)c1ccccc1. The van der Waals surface area contributed by atoms with Gasteiger partial charge >= 0.3 is 12.1 Å². The monoisotopic (exact) mass is 498 g/mol. The molecule has 0 spiro atoms. The third kappa shape index (κ3) is 4.09. The summed E-state index contributed by atoms with van der Waals surface area (Å²) in [6, 6.07) is 9.28. The van der Waals surface area contributed by atoms with Gasteiger partial charge in [-0.25, -0.2) is 4.79 Å². The van der Waals surface area contributed by atoms with E-state index < -0.39 is 23.6 Å². The van der Waals surface area contributed by atoms with E-state index in [0.29, 0.717) is 12.8 Å². The summed E-state index contributed by atoms with van der Waals surface area (Å²) >= 11 is 7.12. The maximum absolute atomic E-state index is 12.4. The van der Waals surface area contributed by atoms with Crippen LogP contribution < -0.4 is 5.32 Å². The van der Waals surface area contributed by atoms with E-state index in [-0.39, 0.29) is 38.9 Å². The Morgan fingerprint density at radius 2 is 1.94 bits per heavy atom. The number of aromatic nitrogens is 3. The number of rotatable bonds is 5. The fraction of sp³-hybridized carbons (Fsp3) is 0.227. The summed E-state index contributed by atoms with van der Waals surface area (Å²) in [6.45, 7) is 1.75. The van der Waals surface area contributed by atoms with Crippen molar-refractivity contribution in [3.8, 4) is 11.8 Å². The molecule has 3 heterocycles. The molecule has 12 heteroatoms. The molecule has 1 saturated carbocycles. The van der Waals surface area contributed by atoms with Crippen molar-refractivity contribution >= 4 is 52.3 Å². The van der Waals surface area contributed by atoms with Gasteiger partial charge < -0.3 is 18.7 Å². The van der Waals surface area contributed by atoms with Crippen molar-refractivity contribution < 1.29 is 28.3 Å². The van der Waals surface area contributed by atoms with Gasteiger partial charge in [0.25, 0.3) is 17.3 Å². The molecular weight excluding hydrogens is 484 g/mol. The first-order valence-corrected chi connectivity index (χ1v) is 11.2. The lowest BCUT2D eigenvalue weighted by Gasteiger charge is -2.13. The highest BCUT2D eigenvalue weighted by Gasteiger charge is 2.56. The number of carboxylic acid groups (broad SMARTS) is 1. The van der Waals surface area contributed by atoms with E-state index in [2.05, 4.69) is 31.5 Å². The predicted octanol–water partition coefficient (Wildman–Crippen LogP) is 4.75. The minimum atomic E-state index is -1.10. The number of aliphatic carboxylic acids is 1. The molecule has 0 aliphatic heterocycles. The van der Waals surface area contributed by atoms with Gasteiger partial charge in [0.05, 0.1) is 0 Å². The third-order valence-corrected chi connectivity index (χ3v) is 6.30. The predicted molar refractivity (Wildman–Crippen MR) is 121 cm³/mol. The largest absolute Gasteiger partial charge is 0.480 e. The van der Waals surface area contributed by atoms with Gasteiger partial charge in [0.2, 0.25) is 5.89 Å². The lowest BCUT2D eigenvalue weighted by Crippen LogP contribution is -2.19. The molecule has 3 aromatic heterocycles. The third-order valence-electron chi connectivity index (χ3n) is 5.26. The van der Waals surface area contributed by atoms with Gasteiger partial charge in [-0.15, -0.1) is 0 Å². The molecule has 5 rings (SSSR count). The Morgan fingerprint density at radius 1 is 1.21 bits per heavy atom. The Bertz CT molecular complexity index is 1430. The van der Waals surface area contributed by atoms with Gasteiger partial charge in [-0.3, -0.25) is 10.1 Å². The topological polar surface area (TPSA) is 141 Å². The minimum absolute atomic E-state index is 0.0108. The van der Waals surface area contributed by atoms with Crippen molar-refractivity contribution in [2.45, 2.75) is 31.3 Å². The molecule has 2 N–H and O–H groups in total. The summed E-state index contributed by atoms with van der Waals surface area (Å²) in [7, 11) is 0. The van der Waals surface area contributed by atoms with Crippen molar-refractivity contribution in [2.75, 3.05) is 5.32 Å². The molecule has 1 aliphatic rings. The average Bonchev–Trinajstić information content (AvgIpc) is 3.26. The first-order valence-electron chi connectivity index (χ1n) is 10.1. The number of halogens is 1. The highest BCUT2D eigenvalue weighted by atomic mass is 35.5. The normalized spacial score (nSPS) is 14.8. The summed E-state index contributed by atoms with van der Waals surface area (Å²) in [5.41, 5.74) is 0.260. The van der Waals surface area contributed by atoms with E-state index in [1.165, 1.54) is 0 Å². The number of carbonyl (C=O) groups excluding carboxylic acids is 1. The van der Waals surface area contributed by atoms with Crippen LogP contribution in [-0.2, 0) is 14.9 Å². The van der Waals surface area contributed by atoms with Crippen molar-refractivity contribution in [1.82, 2.24) is 14.3 Å². The maximum Gasteiger partial charge on any atom is 0.412 e. The lowest BCUT2D eigenvalue weighted by atomic mass is 10.1. The van der Waals surface area contributed by atoms with Crippen molar-refractivity contribution in [2.24, 2.45) is 0 Å². The molecule has 34 heavy (non-hydrogen) atoms. The Balaban J connectivity index is 1.30. The quantitative estimate of drug-likeness (QED) is 0.373. The smallest absolute Gasteiger partial charge is 0.412 e. The number of amides is 1. The lowest BCUT2D eigenvalue weighted by molar-refractivity contribution is -0.140. The summed E-state index contributed by atoms with van der Waals surface area (Å²) in [4.78, 5) is 32.0. The number of hydrogen-bond donors (Lipinski definition) is 2. The van der Waals surface area contributed by atoms with Crippen LogP contribution in [0.3, 0.4) is 0 Å². The molecule has 1 unspecified atom stereocenters. The number of carbonyl (C=O) groups is 2. The number of hydrogen-bond acceptors (Lipinski definition) is 9. The minimum Gasteiger partial charge on any atom is -0.480 e. The van der Waals surface area contributed by atoms with Crippen LogP contribution in [0, 0.1) is 11.8 Å². The highest BCUT2D eigenvalue weighted by molar-refractivity contribution is 7.11. The van der Waals surface area contributed by atoms with E-state index in [1.54, 1.807) is 6.92 Å². The molecule has 1 aliphatic carbocycles. The van der Waals surface area contributed by atoms with Crippen LogP contribution in [0.2, 0.25) is 4.34 Å². The Labute approximate surface area is 201 Å². The molecule has 172 valence electrons. The first-order chi connectivity index (χ1) is 16.4. The van der Waals surface area contributed by atoms with E-state index in [0.717, 1.165) is 17.1 Å². The van der Waals surface area contributed by atoms with Gasteiger partial charge in [0.1, 0.15) is 21.5 Å². The maximum atomic E-state index is 12.4. The van der Waals surface area contributed by atoms with Crippen LogP contribution in [0.5, 0.6) is 0 Å². The summed E-state index contributed by atoms with van der Waals surface area (Å²) in [5, 5.41) is 11.9. The van der Waals surface area contributed by atoms with Gasteiger partial charge in [0.15, 0.2) is 5.69 Å². The number of nitrogens with one attached hydrogen (secondary N) is 1. The summed E-state index contributed by atoms with van der Waals surface area (Å²) < 4.78 is 20.7.